The van der Waals surface area contributed by atoms with Crippen molar-refractivity contribution < 1.29 is 4.74 Å². The summed E-state index contributed by atoms with van der Waals surface area (Å²) in [6.07, 6.45) is 1.67. The third-order valence-corrected chi connectivity index (χ3v) is 2.94. The molecule has 0 saturated heterocycles. The van der Waals surface area contributed by atoms with Gasteiger partial charge in [0.25, 0.3) is 10.7 Å². The summed E-state index contributed by atoms with van der Waals surface area (Å²) >= 11 is 5.05. The lowest BCUT2D eigenvalue weighted by molar-refractivity contribution is 0.318. The van der Waals surface area contributed by atoms with Gasteiger partial charge in [0.15, 0.2) is 0 Å². The first-order valence-electron chi connectivity index (χ1n) is 5.68. The summed E-state index contributed by atoms with van der Waals surface area (Å²) in [4.78, 5) is 11.9. The summed E-state index contributed by atoms with van der Waals surface area (Å²) in [6, 6.07) is 7.72. The van der Waals surface area contributed by atoms with Crippen LogP contribution >= 0.6 is 12.2 Å². The van der Waals surface area contributed by atoms with Gasteiger partial charge in [0.05, 0.1) is 12.2 Å². The van der Waals surface area contributed by atoms with Gasteiger partial charge in [-0.15, -0.1) is 0 Å². The molecule has 18 heavy (non-hydrogen) atoms. The Hall–Kier alpha value is -1.88. The van der Waals surface area contributed by atoms with Crippen LogP contribution in [0.15, 0.2) is 35.3 Å². The molecule has 0 aliphatic rings. The van der Waals surface area contributed by atoms with Gasteiger partial charge in [-0.05, 0) is 37.2 Å². The largest absolute Gasteiger partial charge is 0.470 e. The van der Waals surface area contributed by atoms with Crippen molar-refractivity contribution in [2.75, 3.05) is 6.61 Å². The minimum atomic E-state index is -0.175. The van der Waals surface area contributed by atoms with Crippen molar-refractivity contribution in [1.29, 1.82) is 0 Å². The van der Waals surface area contributed by atoms with Gasteiger partial charge in [-0.1, -0.05) is 24.3 Å². The zero-order valence-electron chi connectivity index (χ0n) is 10.3. The topological polar surface area (TPSA) is 47.0 Å². The molecule has 1 heterocycles. The van der Waals surface area contributed by atoms with Crippen LogP contribution in [0, 0.1) is 6.92 Å². The fraction of sp³-hybridized carbons (Fsp3) is 0.231. The molecule has 0 bridgehead atoms. The van der Waals surface area contributed by atoms with Crippen LogP contribution in [0.5, 0.6) is 0 Å². The molecular weight excluding hydrogens is 248 g/mol. The van der Waals surface area contributed by atoms with Gasteiger partial charge in [0.2, 0.25) is 0 Å². The lowest BCUT2D eigenvalue weighted by Crippen LogP contribution is -2.16. The van der Waals surface area contributed by atoms with Gasteiger partial charge in [-0.25, -0.2) is 4.68 Å². The second-order valence-electron chi connectivity index (χ2n) is 3.87. The maximum atomic E-state index is 11.9. The Labute approximate surface area is 110 Å². The number of H-pyrrole nitrogens is 1. The lowest BCUT2D eigenvalue weighted by Gasteiger charge is -2.04. The summed E-state index contributed by atoms with van der Waals surface area (Å²) in [5.41, 5.74) is 2.36. The standard InChI is InChI=1S/C13H14N2O2S/c1-3-17-13(18)15-8-11(12(16)14-15)10-7-5-4-6-9(10)2/h4-8H,3H2,1-2H3,(H,14,16). The predicted octanol–water partition coefficient (Wildman–Crippen LogP) is 2.32. The van der Waals surface area contributed by atoms with Crippen molar-refractivity contribution in [3.63, 3.8) is 0 Å². The number of hydrogen-bond acceptors (Lipinski definition) is 3. The van der Waals surface area contributed by atoms with E-state index in [-0.39, 0.29) is 10.7 Å². The number of rotatable bonds is 2. The highest BCUT2D eigenvalue weighted by atomic mass is 32.1. The molecule has 0 atom stereocenters. The number of aromatic amines is 1. The normalized spacial score (nSPS) is 10.3. The second-order valence-corrected chi connectivity index (χ2v) is 4.22. The Bertz CT molecular complexity index is 628. The summed E-state index contributed by atoms with van der Waals surface area (Å²) in [5.74, 6) is 0. The van der Waals surface area contributed by atoms with E-state index in [2.05, 4.69) is 5.10 Å². The summed E-state index contributed by atoms with van der Waals surface area (Å²) in [6.45, 7) is 4.28. The monoisotopic (exact) mass is 262 g/mol. The Morgan fingerprint density at radius 1 is 1.39 bits per heavy atom. The van der Waals surface area contributed by atoms with Crippen molar-refractivity contribution in [3.05, 3.63) is 46.4 Å². The molecule has 1 aromatic carbocycles. The smallest absolute Gasteiger partial charge is 0.282 e. The maximum Gasteiger partial charge on any atom is 0.282 e. The van der Waals surface area contributed by atoms with E-state index < -0.39 is 0 Å². The van der Waals surface area contributed by atoms with Crippen molar-refractivity contribution in [2.24, 2.45) is 0 Å². The summed E-state index contributed by atoms with van der Waals surface area (Å²) in [7, 11) is 0. The molecule has 0 aliphatic carbocycles. The van der Waals surface area contributed by atoms with Crippen LogP contribution in [0.2, 0.25) is 0 Å². The lowest BCUT2D eigenvalue weighted by atomic mass is 10.0. The van der Waals surface area contributed by atoms with Gasteiger partial charge in [0, 0.05) is 6.20 Å². The molecule has 2 rings (SSSR count). The molecule has 0 unspecified atom stereocenters. The first kappa shape index (κ1) is 12.6. The number of ether oxygens (including phenoxy) is 1. The second kappa shape index (κ2) is 5.18. The van der Waals surface area contributed by atoms with Crippen LogP contribution in [-0.2, 0) is 4.74 Å². The Morgan fingerprint density at radius 3 is 2.78 bits per heavy atom. The third kappa shape index (κ3) is 2.36. The van der Waals surface area contributed by atoms with E-state index in [1.54, 1.807) is 6.20 Å². The number of nitrogens with one attached hydrogen (secondary N) is 1. The van der Waals surface area contributed by atoms with Crippen LogP contribution in [-0.4, -0.2) is 21.6 Å². The molecule has 5 heteroatoms. The van der Waals surface area contributed by atoms with E-state index in [4.69, 9.17) is 17.0 Å². The molecule has 0 saturated carbocycles. The molecule has 0 aliphatic heterocycles. The fourth-order valence-corrected chi connectivity index (χ4v) is 1.96. The Balaban J connectivity index is 2.45. The number of thiocarbonyl (C=S) groups is 1. The number of aromatic nitrogens is 2. The SMILES string of the molecule is CCOC(=S)n1cc(-c2ccccc2C)c(=O)[nH]1. The van der Waals surface area contributed by atoms with Crippen molar-refractivity contribution in [2.45, 2.75) is 13.8 Å². The number of hydrogen-bond donors (Lipinski definition) is 1. The van der Waals surface area contributed by atoms with Gasteiger partial charge in [0.1, 0.15) is 0 Å². The predicted molar refractivity (Wildman–Crippen MR) is 74.8 cm³/mol. The first-order chi connectivity index (χ1) is 8.63. The minimum Gasteiger partial charge on any atom is -0.470 e. The highest BCUT2D eigenvalue weighted by Gasteiger charge is 2.11. The van der Waals surface area contributed by atoms with Crippen LogP contribution in [0.4, 0.5) is 0 Å². The highest BCUT2D eigenvalue weighted by Crippen LogP contribution is 2.19. The van der Waals surface area contributed by atoms with E-state index in [1.807, 2.05) is 38.1 Å². The number of nitrogens with zero attached hydrogens (tertiary/aromatic N) is 1. The summed E-state index contributed by atoms with van der Waals surface area (Å²) in [5, 5.41) is 2.89. The molecule has 0 fully saturated rings. The van der Waals surface area contributed by atoms with E-state index in [0.29, 0.717) is 12.2 Å². The van der Waals surface area contributed by atoms with Crippen LogP contribution in [0.1, 0.15) is 12.5 Å². The van der Waals surface area contributed by atoms with Crippen LogP contribution in [0.3, 0.4) is 0 Å². The van der Waals surface area contributed by atoms with Gasteiger partial charge >= 0.3 is 0 Å². The minimum absolute atomic E-state index is 0.175. The van der Waals surface area contributed by atoms with E-state index in [1.165, 1.54) is 4.68 Å². The van der Waals surface area contributed by atoms with E-state index >= 15 is 0 Å². The number of aryl methyl sites for hydroxylation is 1. The Kier molecular flexibility index (Phi) is 3.62. The molecule has 1 aromatic heterocycles. The molecule has 0 spiro atoms. The quantitative estimate of drug-likeness (QED) is 0.845. The Morgan fingerprint density at radius 2 is 2.11 bits per heavy atom. The zero-order valence-corrected chi connectivity index (χ0v) is 11.1. The van der Waals surface area contributed by atoms with E-state index in [9.17, 15) is 4.79 Å². The average molecular weight is 262 g/mol. The average Bonchev–Trinajstić information content (AvgIpc) is 2.72. The van der Waals surface area contributed by atoms with Crippen molar-refractivity contribution >= 4 is 17.4 Å². The molecule has 0 radical (unpaired) electrons. The maximum absolute atomic E-state index is 11.9. The zero-order chi connectivity index (χ0) is 13.1. The molecule has 2 aromatic rings. The fourth-order valence-electron chi connectivity index (χ4n) is 1.75. The van der Waals surface area contributed by atoms with Crippen molar-refractivity contribution in [3.8, 4) is 11.1 Å². The molecule has 1 N–H and O–H groups in total. The van der Waals surface area contributed by atoms with Gasteiger partial charge in [-0.2, -0.15) is 0 Å². The van der Waals surface area contributed by atoms with Crippen molar-refractivity contribution in [1.82, 2.24) is 9.78 Å². The van der Waals surface area contributed by atoms with E-state index in [0.717, 1.165) is 11.1 Å². The first-order valence-corrected chi connectivity index (χ1v) is 6.09. The van der Waals surface area contributed by atoms with Gasteiger partial charge in [-0.3, -0.25) is 9.89 Å². The highest BCUT2D eigenvalue weighted by molar-refractivity contribution is 7.80. The molecule has 94 valence electrons. The van der Waals surface area contributed by atoms with Crippen LogP contribution < -0.4 is 5.56 Å². The number of benzene rings is 1. The molecule has 0 amide bonds. The third-order valence-electron chi connectivity index (χ3n) is 2.62. The summed E-state index contributed by atoms with van der Waals surface area (Å²) < 4.78 is 6.62. The van der Waals surface area contributed by atoms with Gasteiger partial charge < -0.3 is 4.74 Å². The molecular formula is C13H14N2O2S. The van der Waals surface area contributed by atoms with Crippen LogP contribution in [0.25, 0.3) is 11.1 Å². The molecule has 4 nitrogen and oxygen atoms in total.